The Morgan fingerprint density at radius 3 is 2.89 bits per heavy atom. The molecule has 1 aromatic rings. The normalized spacial score (nSPS) is 19.5. The fraction of sp³-hybridized carbons (Fsp3) is 0.500. The lowest BCUT2D eigenvalue weighted by atomic mass is 10.1. The first-order chi connectivity index (χ1) is 9.19. The van der Waals surface area contributed by atoms with Gasteiger partial charge in [-0.3, -0.25) is 4.79 Å². The van der Waals surface area contributed by atoms with Crippen molar-refractivity contribution in [3.05, 3.63) is 30.1 Å². The standard InChI is InChI=1S/C14H19FN2OS/c1-16-12-3-2-8-17(9-12)14(18)10-19-13-6-4-11(15)5-7-13/h4-7,12,16H,2-3,8-10H2,1H3. The zero-order chi connectivity index (χ0) is 13.7. The summed E-state index contributed by atoms with van der Waals surface area (Å²) in [4.78, 5) is 14.9. The molecule has 0 spiro atoms. The molecule has 0 radical (unpaired) electrons. The third-order valence-electron chi connectivity index (χ3n) is 3.36. The van der Waals surface area contributed by atoms with Crippen LogP contribution in [0.5, 0.6) is 0 Å². The van der Waals surface area contributed by atoms with E-state index in [1.54, 1.807) is 12.1 Å². The van der Waals surface area contributed by atoms with Gasteiger partial charge in [0.1, 0.15) is 5.82 Å². The highest BCUT2D eigenvalue weighted by Crippen LogP contribution is 2.19. The predicted molar refractivity (Wildman–Crippen MR) is 75.8 cm³/mol. The Morgan fingerprint density at radius 2 is 2.21 bits per heavy atom. The molecule has 1 aliphatic heterocycles. The van der Waals surface area contributed by atoms with Crippen LogP contribution in [0.2, 0.25) is 0 Å². The van der Waals surface area contributed by atoms with E-state index >= 15 is 0 Å². The molecule has 0 bridgehead atoms. The molecule has 0 aromatic heterocycles. The Hall–Kier alpha value is -1.07. The Bertz CT molecular complexity index is 424. The number of thioether (sulfide) groups is 1. The summed E-state index contributed by atoms with van der Waals surface area (Å²) in [5.41, 5.74) is 0. The lowest BCUT2D eigenvalue weighted by Gasteiger charge is -2.32. The molecule has 1 unspecified atom stereocenters. The number of amides is 1. The molecule has 0 saturated carbocycles. The number of likely N-dealkylation sites (N-methyl/N-ethyl adjacent to an activating group) is 1. The van der Waals surface area contributed by atoms with Gasteiger partial charge in [0.2, 0.25) is 5.91 Å². The van der Waals surface area contributed by atoms with E-state index in [4.69, 9.17) is 0 Å². The number of likely N-dealkylation sites (tertiary alicyclic amines) is 1. The first-order valence-electron chi connectivity index (χ1n) is 6.52. The first kappa shape index (κ1) is 14.3. The highest BCUT2D eigenvalue weighted by atomic mass is 32.2. The topological polar surface area (TPSA) is 32.3 Å². The lowest BCUT2D eigenvalue weighted by Crippen LogP contribution is -2.47. The molecule has 104 valence electrons. The average Bonchev–Trinajstić information content (AvgIpc) is 2.46. The number of hydrogen-bond donors (Lipinski definition) is 1. The van der Waals surface area contributed by atoms with Gasteiger partial charge >= 0.3 is 0 Å². The molecule has 1 N–H and O–H groups in total. The molecule has 1 aliphatic rings. The van der Waals surface area contributed by atoms with Crippen molar-refractivity contribution < 1.29 is 9.18 Å². The lowest BCUT2D eigenvalue weighted by molar-refractivity contribution is -0.129. The smallest absolute Gasteiger partial charge is 0.232 e. The van der Waals surface area contributed by atoms with Crippen LogP contribution in [0.1, 0.15) is 12.8 Å². The van der Waals surface area contributed by atoms with E-state index in [-0.39, 0.29) is 11.7 Å². The van der Waals surface area contributed by atoms with E-state index in [0.29, 0.717) is 11.8 Å². The van der Waals surface area contributed by atoms with Crippen LogP contribution in [0, 0.1) is 5.82 Å². The molecule has 1 atom stereocenters. The summed E-state index contributed by atoms with van der Waals surface area (Å²) in [7, 11) is 1.94. The van der Waals surface area contributed by atoms with Crippen LogP contribution in [-0.2, 0) is 4.79 Å². The molecule has 2 rings (SSSR count). The van der Waals surface area contributed by atoms with Crippen molar-refractivity contribution in [3.63, 3.8) is 0 Å². The number of rotatable bonds is 4. The summed E-state index contributed by atoms with van der Waals surface area (Å²) < 4.78 is 12.8. The van der Waals surface area contributed by atoms with E-state index in [1.807, 2.05) is 11.9 Å². The number of carbonyl (C=O) groups is 1. The van der Waals surface area contributed by atoms with Gasteiger partial charge in [-0.2, -0.15) is 0 Å². The van der Waals surface area contributed by atoms with Gasteiger partial charge in [-0.25, -0.2) is 4.39 Å². The van der Waals surface area contributed by atoms with Crippen LogP contribution in [0.25, 0.3) is 0 Å². The van der Waals surface area contributed by atoms with Crippen molar-refractivity contribution in [1.29, 1.82) is 0 Å². The largest absolute Gasteiger partial charge is 0.340 e. The minimum absolute atomic E-state index is 0.161. The molecule has 19 heavy (non-hydrogen) atoms. The van der Waals surface area contributed by atoms with Crippen LogP contribution in [-0.4, -0.2) is 42.7 Å². The maximum absolute atomic E-state index is 12.8. The molecule has 1 saturated heterocycles. The number of nitrogens with one attached hydrogen (secondary N) is 1. The number of halogens is 1. The van der Waals surface area contributed by atoms with Crippen molar-refractivity contribution in [2.75, 3.05) is 25.9 Å². The highest BCUT2D eigenvalue weighted by molar-refractivity contribution is 8.00. The summed E-state index contributed by atoms with van der Waals surface area (Å²) in [6, 6.07) is 6.67. The number of benzene rings is 1. The van der Waals surface area contributed by atoms with Gasteiger partial charge in [-0.15, -0.1) is 11.8 Å². The second-order valence-electron chi connectivity index (χ2n) is 4.71. The number of piperidine rings is 1. The second kappa shape index (κ2) is 6.91. The van der Waals surface area contributed by atoms with Crippen molar-refractivity contribution in [3.8, 4) is 0 Å². The molecule has 3 nitrogen and oxygen atoms in total. The van der Waals surface area contributed by atoms with Gasteiger partial charge in [-0.1, -0.05) is 0 Å². The second-order valence-corrected chi connectivity index (χ2v) is 5.76. The minimum Gasteiger partial charge on any atom is -0.340 e. The zero-order valence-corrected chi connectivity index (χ0v) is 11.9. The van der Waals surface area contributed by atoms with E-state index in [0.717, 1.165) is 30.8 Å². The number of nitrogens with zero attached hydrogens (tertiary/aromatic N) is 1. The molecule has 5 heteroatoms. The molecule has 1 amide bonds. The molecular formula is C14H19FN2OS. The van der Waals surface area contributed by atoms with Crippen LogP contribution in [0.4, 0.5) is 4.39 Å². The molecular weight excluding hydrogens is 263 g/mol. The fourth-order valence-electron chi connectivity index (χ4n) is 2.21. The van der Waals surface area contributed by atoms with Gasteiger partial charge in [0, 0.05) is 24.0 Å². The third kappa shape index (κ3) is 4.21. The van der Waals surface area contributed by atoms with E-state index in [1.165, 1.54) is 23.9 Å². The molecule has 0 aliphatic carbocycles. The summed E-state index contributed by atoms with van der Waals surface area (Å²) >= 11 is 1.46. The van der Waals surface area contributed by atoms with E-state index in [9.17, 15) is 9.18 Å². The maximum Gasteiger partial charge on any atom is 0.232 e. The molecule has 1 aromatic carbocycles. The fourth-order valence-corrected chi connectivity index (χ4v) is 3.01. The van der Waals surface area contributed by atoms with E-state index < -0.39 is 0 Å². The Kier molecular flexibility index (Phi) is 5.22. The SMILES string of the molecule is CNC1CCCN(C(=O)CSc2ccc(F)cc2)C1. The van der Waals surface area contributed by atoms with E-state index in [2.05, 4.69) is 5.32 Å². The van der Waals surface area contributed by atoms with Gasteiger partial charge in [0.05, 0.1) is 5.75 Å². The molecule has 1 fully saturated rings. The van der Waals surface area contributed by atoms with Crippen molar-refractivity contribution in [2.24, 2.45) is 0 Å². The van der Waals surface area contributed by atoms with Crippen molar-refractivity contribution in [1.82, 2.24) is 10.2 Å². The quantitative estimate of drug-likeness (QED) is 0.859. The average molecular weight is 282 g/mol. The summed E-state index contributed by atoms with van der Waals surface area (Å²) in [5.74, 6) is 0.333. The van der Waals surface area contributed by atoms with Gasteiger partial charge in [0.15, 0.2) is 0 Å². The third-order valence-corrected chi connectivity index (χ3v) is 4.36. The Morgan fingerprint density at radius 1 is 1.47 bits per heavy atom. The maximum atomic E-state index is 12.8. The summed E-state index contributed by atoms with van der Waals surface area (Å²) in [5, 5.41) is 3.23. The van der Waals surface area contributed by atoms with Gasteiger partial charge in [0.25, 0.3) is 0 Å². The number of carbonyl (C=O) groups excluding carboxylic acids is 1. The van der Waals surface area contributed by atoms with Gasteiger partial charge in [-0.05, 0) is 44.2 Å². The monoisotopic (exact) mass is 282 g/mol. The minimum atomic E-state index is -0.247. The van der Waals surface area contributed by atoms with Crippen LogP contribution >= 0.6 is 11.8 Å². The number of hydrogen-bond acceptors (Lipinski definition) is 3. The first-order valence-corrected chi connectivity index (χ1v) is 7.51. The highest BCUT2D eigenvalue weighted by Gasteiger charge is 2.22. The Labute approximate surface area is 117 Å². The predicted octanol–water partition coefficient (Wildman–Crippen LogP) is 2.13. The van der Waals surface area contributed by atoms with Crippen LogP contribution < -0.4 is 5.32 Å². The van der Waals surface area contributed by atoms with Crippen LogP contribution in [0.15, 0.2) is 29.2 Å². The summed E-state index contributed by atoms with van der Waals surface area (Å²) in [6.45, 7) is 1.64. The Balaban J connectivity index is 1.82. The molecule has 1 heterocycles. The van der Waals surface area contributed by atoms with Gasteiger partial charge < -0.3 is 10.2 Å². The summed E-state index contributed by atoms with van der Waals surface area (Å²) in [6.07, 6.45) is 2.18. The van der Waals surface area contributed by atoms with Crippen molar-refractivity contribution >= 4 is 17.7 Å². The zero-order valence-electron chi connectivity index (χ0n) is 11.1. The van der Waals surface area contributed by atoms with Crippen LogP contribution in [0.3, 0.4) is 0 Å². The van der Waals surface area contributed by atoms with Crippen molar-refractivity contribution in [2.45, 2.75) is 23.8 Å².